The van der Waals surface area contributed by atoms with Crippen LogP contribution in [0.2, 0.25) is 0 Å². The first kappa shape index (κ1) is 17.1. The van der Waals surface area contributed by atoms with Crippen molar-refractivity contribution in [2.24, 2.45) is 0 Å². The molecule has 0 amide bonds. The van der Waals surface area contributed by atoms with Gasteiger partial charge in [0, 0.05) is 11.1 Å². The first-order valence-corrected chi connectivity index (χ1v) is 9.27. The summed E-state index contributed by atoms with van der Waals surface area (Å²) in [7, 11) is 0. The van der Waals surface area contributed by atoms with Gasteiger partial charge < -0.3 is 4.74 Å². The standard InChI is InChI=1S/C24H16N2O3/c27-22-18-13-7-8-14-19(18)23(28)21-20(22)24(29-15-16-9-3-1-4-10-16)25-26(21)17-11-5-2-6-12-17/h1-14H,15H2. The monoisotopic (exact) mass is 380 g/mol. The van der Waals surface area contributed by atoms with Crippen LogP contribution in [0.1, 0.15) is 37.5 Å². The Bertz CT molecular complexity index is 1230. The van der Waals surface area contributed by atoms with Crippen LogP contribution in [0.4, 0.5) is 0 Å². The predicted molar refractivity (Wildman–Crippen MR) is 108 cm³/mol. The van der Waals surface area contributed by atoms with Gasteiger partial charge in [-0.3, -0.25) is 9.59 Å². The van der Waals surface area contributed by atoms with Gasteiger partial charge in [0.15, 0.2) is 0 Å². The topological polar surface area (TPSA) is 61.2 Å². The van der Waals surface area contributed by atoms with Gasteiger partial charge in [-0.05, 0) is 17.7 Å². The molecule has 5 heteroatoms. The van der Waals surface area contributed by atoms with Crippen LogP contribution in [0.5, 0.6) is 5.88 Å². The molecule has 0 atom stereocenters. The fourth-order valence-corrected chi connectivity index (χ4v) is 3.54. The molecule has 0 bridgehead atoms. The van der Waals surface area contributed by atoms with Crippen molar-refractivity contribution in [3.8, 4) is 11.6 Å². The van der Waals surface area contributed by atoms with E-state index >= 15 is 0 Å². The molecule has 0 spiro atoms. The summed E-state index contributed by atoms with van der Waals surface area (Å²) in [5.41, 5.74) is 2.86. The molecule has 4 aromatic rings. The number of rotatable bonds is 4. The maximum Gasteiger partial charge on any atom is 0.245 e. The van der Waals surface area contributed by atoms with Gasteiger partial charge in [-0.15, -0.1) is 5.10 Å². The summed E-state index contributed by atoms with van der Waals surface area (Å²) in [6.07, 6.45) is 0. The van der Waals surface area contributed by atoms with E-state index in [4.69, 9.17) is 4.74 Å². The molecule has 29 heavy (non-hydrogen) atoms. The van der Waals surface area contributed by atoms with E-state index in [1.807, 2.05) is 60.7 Å². The Kier molecular flexibility index (Phi) is 4.06. The van der Waals surface area contributed by atoms with E-state index < -0.39 is 0 Å². The summed E-state index contributed by atoms with van der Waals surface area (Å²) < 4.78 is 7.43. The molecule has 0 N–H and O–H groups in total. The maximum absolute atomic E-state index is 13.3. The predicted octanol–water partition coefficient (Wildman–Crippen LogP) is 4.23. The lowest BCUT2D eigenvalue weighted by Gasteiger charge is -2.16. The summed E-state index contributed by atoms with van der Waals surface area (Å²) in [6.45, 7) is 0.252. The van der Waals surface area contributed by atoms with Crippen LogP contribution in [0.25, 0.3) is 5.69 Å². The van der Waals surface area contributed by atoms with E-state index in [0.29, 0.717) is 16.8 Å². The van der Waals surface area contributed by atoms with E-state index in [2.05, 4.69) is 5.10 Å². The second-order valence-electron chi connectivity index (χ2n) is 6.75. The Balaban J connectivity index is 1.66. The molecule has 1 aliphatic rings. The fraction of sp³-hybridized carbons (Fsp3) is 0.0417. The molecule has 0 aliphatic heterocycles. The number of carbonyl (C=O) groups excluding carboxylic acids is 2. The van der Waals surface area contributed by atoms with Crippen LogP contribution >= 0.6 is 0 Å². The highest BCUT2D eigenvalue weighted by Crippen LogP contribution is 2.34. The summed E-state index contributed by atoms with van der Waals surface area (Å²) in [6, 6.07) is 25.8. The van der Waals surface area contributed by atoms with Crippen molar-refractivity contribution in [1.82, 2.24) is 9.78 Å². The number of fused-ring (bicyclic) bond motifs is 2. The average molecular weight is 380 g/mol. The van der Waals surface area contributed by atoms with Gasteiger partial charge in [-0.1, -0.05) is 72.8 Å². The van der Waals surface area contributed by atoms with Crippen LogP contribution < -0.4 is 4.74 Å². The van der Waals surface area contributed by atoms with Crippen molar-refractivity contribution < 1.29 is 14.3 Å². The molecule has 1 heterocycles. The smallest absolute Gasteiger partial charge is 0.245 e. The number of ether oxygens (including phenoxy) is 1. The molecule has 0 saturated heterocycles. The minimum absolute atomic E-state index is 0.167. The van der Waals surface area contributed by atoms with E-state index in [1.54, 1.807) is 24.3 Å². The van der Waals surface area contributed by atoms with Gasteiger partial charge >= 0.3 is 0 Å². The maximum atomic E-state index is 13.3. The second-order valence-corrected chi connectivity index (χ2v) is 6.75. The Labute approximate surface area is 167 Å². The molecule has 140 valence electrons. The summed E-state index contributed by atoms with van der Waals surface area (Å²) >= 11 is 0. The minimum Gasteiger partial charge on any atom is -0.471 e. The zero-order valence-electron chi connectivity index (χ0n) is 15.4. The number of ketones is 2. The van der Waals surface area contributed by atoms with Crippen LogP contribution in [0, 0.1) is 0 Å². The summed E-state index contributed by atoms with van der Waals surface area (Å²) in [4.78, 5) is 26.5. The van der Waals surface area contributed by atoms with Crippen molar-refractivity contribution in [2.75, 3.05) is 0 Å². The van der Waals surface area contributed by atoms with Crippen molar-refractivity contribution in [2.45, 2.75) is 6.61 Å². The highest BCUT2D eigenvalue weighted by molar-refractivity contribution is 6.28. The third-order valence-corrected chi connectivity index (χ3v) is 4.93. The Morgan fingerprint density at radius 3 is 2.00 bits per heavy atom. The number of aromatic nitrogens is 2. The van der Waals surface area contributed by atoms with Crippen molar-refractivity contribution in [1.29, 1.82) is 0 Å². The molecule has 1 aliphatic carbocycles. The lowest BCUT2D eigenvalue weighted by molar-refractivity contribution is 0.0972. The number of para-hydroxylation sites is 1. The van der Waals surface area contributed by atoms with Crippen LogP contribution in [-0.2, 0) is 6.61 Å². The van der Waals surface area contributed by atoms with E-state index in [-0.39, 0.29) is 35.3 Å². The molecule has 0 radical (unpaired) electrons. The average Bonchev–Trinajstić information content (AvgIpc) is 3.17. The van der Waals surface area contributed by atoms with Gasteiger partial charge in [0.2, 0.25) is 17.4 Å². The molecule has 0 fully saturated rings. The van der Waals surface area contributed by atoms with Gasteiger partial charge in [-0.25, -0.2) is 4.68 Å². The normalized spacial score (nSPS) is 12.4. The Morgan fingerprint density at radius 2 is 1.31 bits per heavy atom. The lowest BCUT2D eigenvalue weighted by Crippen LogP contribution is -2.22. The van der Waals surface area contributed by atoms with E-state index in [0.717, 1.165) is 5.56 Å². The number of hydrogen-bond donors (Lipinski definition) is 0. The first-order valence-electron chi connectivity index (χ1n) is 9.27. The minimum atomic E-state index is -0.250. The van der Waals surface area contributed by atoms with Crippen molar-refractivity contribution >= 4 is 11.6 Å². The zero-order chi connectivity index (χ0) is 19.8. The Morgan fingerprint density at radius 1 is 0.724 bits per heavy atom. The highest BCUT2D eigenvalue weighted by Gasteiger charge is 2.37. The van der Waals surface area contributed by atoms with Gasteiger partial charge in [0.05, 0.1) is 5.69 Å². The van der Waals surface area contributed by atoms with Crippen molar-refractivity contribution in [3.05, 3.63) is 113 Å². The quantitative estimate of drug-likeness (QED) is 0.468. The van der Waals surface area contributed by atoms with Crippen molar-refractivity contribution in [3.63, 3.8) is 0 Å². The third-order valence-electron chi connectivity index (χ3n) is 4.93. The van der Waals surface area contributed by atoms with Gasteiger partial charge in [0.25, 0.3) is 0 Å². The number of benzene rings is 3. The molecular formula is C24H16N2O3. The SMILES string of the molecule is O=C1c2ccccc2C(=O)c2c1c(OCc1ccccc1)nn2-c1ccccc1. The third kappa shape index (κ3) is 2.84. The largest absolute Gasteiger partial charge is 0.471 e. The highest BCUT2D eigenvalue weighted by atomic mass is 16.5. The summed E-state index contributed by atoms with van der Waals surface area (Å²) in [5.74, 6) is -0.317. The fourth-order valence-electron chi connectivity index (χ4n) is 3.54. The van der Waals surface area contributed by atoms with Crippen LogP contribution in [0.15, 0.2) is 84.9 Å². The van der Waals surface area contributed by atoms with E-state index in [9.17, 15) is 9.59 Å². The molecular weight excluding hydrogens is 364 g/mol. The van der Waals surface area contributed by atoms with Gasteiger partial charge in [-0.2, -0.15) is 0 Å². The molecule has 5 nitrogen and oxygen atoms in total. The Hall–Kier alpha value is -3.99. The first-order chi connectivity index (χ1) is 14.2. The second kappa shape index (κ2) is 6.87. The molecule has 5 rings (SSSR count). The molecule has 0 unspecified atom stereocenters. The number of nitrogens with zero attached hydrogens (tertiary/aromatic N) is 2. The molecule has 3 aromatic carbocycles. The van der Waals surface area contributed by atoms with Crippen LogP contribution in [0.3, 0.4) is 0 Å². The summed E-state index contributed by atoms with van der Waals surface area (Å²) in [5, 5.41) is 4.51. The van der Waals surface area contributed by atoms with Gasteiger partial charge in [0.1, 0.15) is 17.9 Å². The van der Waals surface area contributed by atoms with E-state index in [1.165, 1.54) is 4.68 Å². The molecule has 0 saturated carbocycles. The lowest BCUT2D eigenvalue weighted by atomic mass is 9.88. The molecule has 1 aromatic heterocycles. The van der Waals surface area contributed by atoms with Crippen LogP contribution in [-0.4, -0.2) is 21.3 Å². The zero-order valence-corrected chi connectivity index (χ0v) is 15.4. The number of hydrogen-bond acceptors (Lipinski definition) is 4. The number of carbonyl (C=O) groups is 2.